The molecule has 0 bridgehead atoms. The molecule has 1 aromatic heterocycles. The third kappa shape index (κ3) is 7.38. The summed E-state index contributed by atoms with van der Waals surface area (Å²) < 4.78 is 1.85. The van der Waals surface area contributed by atoms with Crippen molar-refractivity contribution in [1.29, 1.82) is 0 Å². The lowest BCUT2D eigenvalue weighted by Gasteiger charge is -2.35. The average molecular weight is 540 g/mol. The van der Waals surface area contributed by atoms with E-state index >= 15 is 0 Å². The summed E-state index contributed by atoms with van der Waals surface area (Å²) >= 11 is 0. The van der Waals surface area contributed by atoms with E-state index in [2.05, 4.69) is 83.9 Å². The van der Waals surface area contributed by atoms with E-state index in [1.54, 1.807) is 0 Å². The van der Waals surface area contributed by atoms with E-state index in [-0.39, 0.29) is 30.0 Å². The molecule has 0 aliphatic carbocycles. The molecule has 2 N–H and O–H groups in total. The van der Waals surface area contributed by atoms with E-state index in [0.29, 0.717) is 12.6 Å². The quantitative estimate of drug-likeness (QED) is 0.322. The Hall–Kier alpha value is -1.81. The van der Waals surface area contributed by atoms with Crippen LogP contribution < -0.4 is 15.5 Å². The minimum absolute atomic E-state index is 0. The van der Waals surface area contributed by atoms with Gasteiger partial charge >= 0.3 is 0 Å². The van der Waals surface area contributed by atoms with Crippen molar-refractivity contribution in [3.05, 3.63) is 47.8 Å². The van der Waals surface area contributed by atoms with E-state index in [1.165, 1.54) is 23.2 Å². The Kier molecular flexibility index (Phi) is 10.1. The van der Waals surface area contributed by atoms with Gasteiger partial charge in [0.25, 0.3) is 0 Å². The molecule has 0 amide bonds. The highest BCUT2D eigenvalue weighted by molar-refractivity contribution is 14.0. The fourth-order valence-corrected chi connectivity index (χ4v) is 3.96. The molecule has 7 nitrogen and oxygen atoms in total. The van der Waals surface area contributed by atoms with Crippen LogP contribution in [-0.4, -0.2) is 67.0 Å². The van der Waals surface area contributed by atoms with Crippen LogP contribution in [0.25, 0.3) is 0 Å². The maximum absolute atomic E-state index is 4.92. The van der Waals surface area contributed by atoms with Crippen molar-refractivity contribution in [2.45, 2.75) is 38.8 Å². The number of nitrogens with zero attached hydrogens (tertiary/aromatic N) is 5. The molecular formula is C23H38IN7. The van der Waals surface area contributed by atoms with E-state index < -0.39 is 0 Å². The van der Waals surface area contributed by atoms with Crippen LogP contribution in [0.3, 0.4) is 0 Å². The van der Waals surface area contributed by atoms with Crippen LogP contribution >= 0.6 is 24.0 Å². The molecule has 1 aliphatic heterocycles. The van der Waals surface area contributed by atoms with Gasteiger partial charge in [-0.15, -0.1) is 24.0 Å². The van der Waals surface area contributed by atoms with Crippen molar-refractivity contribution >= 4 is 35.6 Å². The van der Waals surface area contributed by atoms with E-state index in [0.717, 1.165) is 32.0 Å². The van der Waals surface area contributed by atoms with Crippen molar-refractivity contribution in [3.8, 4) is 0 Å². The SMILES string of the molecule is CCNC(=NCC(c1cnn(C)c1)N(C)C)NC1CCCN(c2ccc(C)cc2)C1.I. The number of aliphatic imine (C=N–C) groups is 1. The molecule has 2 unspecified atom stereocenters. The molecule has 0 radical (unpaired) electrons. The number of halogens is 1. The maximum Gasteiger partial charge on any atom is 0.191 e. The topological polar surface area (TPSA) is 60.7 Å². The van der Waals surface area contributed by atoms with Crippen LogP contribution in [0.5, 0.6) is 0 Å². The van der Waals surface area contributed by atoms with Crippen LogP contribution in [0, 0.1) is 6.92 Å². The molecule has 1 aromatic carbocycles. The van der Waals surface area contributed by atoms with Gasteiger partial charge < -0.3 is 20.4 Å². The van der Waals surface area contributed by atoms with E-state index in [1.807, 2.05) is 17.9 Å². The molecule has 2 aromatic rings. The zero-order chi connectivity index (χ0) is 21.5. The molecule has 8 heteroatoms. The number of nitrogens with one attached hydrogen (secondary N) is 2. The third-order valence-electron chi connectivity index (χ3n) is 5.66. The van der Waals surface area contributed by atoms with Gasteiger partial charge in [-0.1, -0.05) is 17.7 Å². The predicted molar refractivity (Wildman–Crippen MR) is 141 cm³/mol. The fourth-order valence-electron chi connectivity index (χ4n) is 3.96. The smallest absolute Gasteiger partial charge is 0.191 e. The van der Waals surface area contributed by atoms with Crippen LogP contribution in [0.2, 0.25) is 0 Å². The first kappa shape index (κ1) is 25.5. The molecule has 2 heterocycles. The second kappa shape index (κ2) is 12.3. The summed E-state index contributed by atoms with van der Waals surface area (Å²) in [5.74, 6) is 0.893. The maximum atomic E-state index is 4.92. The second-order valence-corrected chi connectivity index (χ2v) is 8.41. The minimum Gasteiger partial charge on any atom is -0.369 e. The molecule has 0 spiro atoms. The summed E-state index contributed by atoms with van der Waals surface area (Å²) in [5.41, 5.74) is 3.79. The minimum atomic E-state index is 0. The van der Waals surface area contributed by atoms with Gasteiger partial charge in [0.1, 0.15) is 0 Å². The molecule has 0 saturated carbocycles. The molecule has 1 saturated heterocycles. The van der Waals surface area contributed by atoms with Crippen molar-refractivity contribution in [3.63, 3.8) is 0 Å². The normalized spacial score (nSPS) is 17.9. The molecule has 31 heavy (non-hydrogen) atoms. The van der Waals surface area contributed by atoms with Crippen molar-refractivity contribution in [2.24, 2.45) is 12.0 Å². The predicted octanol–water partition coefficient (Wildman–Crippen LogP) is 3.17. The number of guanidine groups is 1. The lowest BCUT2D eigenvalue weighted by molar-refractivity contribution is 0.306. The molecule has 1 fully saturated rings. The van der Waals surface area contributed by atoms with Crippen LogP contribution in [0.4, 0.5) is 5.69 Å². The number of likely N-dealkylation sites (N-methyl/N-ethyl adjacent to an activating group) is 1. The summed E-state index contributed by atoms with van der Waals surface area (Å²) in [6.07, 6.45) is 6.34. The zero-order valence-corrected chi connectivity index (χ0v) is 21.8. The number of hydrogen-bond acceptors (Lipinski definition) is 4. The van der Waals surface area contributed by atoms with Gasteiger partial charge in [0.15, 0.2) is 5.96 Å². The molecule has 1 aliphatic rings. The van der Waals surface area contributed by atoms with Crippen LogP contribution in [0.1, 0.15) is 36.9 Å². The van der Waals surface area contributed by atoms with Gasteiger partial charge in [-0.2, -0.15) is 5.10 Å². The summed E-state index contributed by atoms with van der Waals surface area (Å²) in [6.45, 7) is 7.88. The Balaban J connectivity index is 0.00000341. The largest absolute Gasteiger partial charge is 0.369 e. The number of aromatic nitrogens is 2. The Bertz CT molecular complexity index is 816. The number of rotatable bonds is 7. The molecular weight excluding hydrogens is 501 g/mol. The third-order valence-corrected chi connectivity index (χ3v) is 5.66. The number of anilines is 1. The molecule has 172 valence electrons. The van der Waals surface area contributed by atoms with Gasteiger partial charge in [0.05, 0.1) is 18.8 Å². The fraction of sp³-hybridized carbons (Fsp3) is 0.565. The first-order valence-corrected chi connectivity index (χ1v) is 11.0. The van der Waals surface area contributed by atoms with E-state index in [4.69, 9.17) is 4.99 Å². The highest BCUT2D eigenvalue weighted by Crippen LogP contribution is 2.21. The molecule has 2 atom stereocenters. The van der Waals surface area contributed by atoms with Gasteiger partial charge in [-0.25, -0.2) is 0 Å². The molecule has 3 rings (SSSR count). The number of benzene rings is 1. The lowest BCUT2D eigenvalue weighted by Crippen LogP contribution is -2.51. The summed E-state index contributed by atoms with van der Waals surface area (Å²) in [4.78, 5) is 9.59. The highest BCUT2D eigenvalue weighted by atomic mass is 127. The Morgan fingerprint density at radius 2 is 2.03 bits per heavy atom. The first-order chi connectivity index (χ1) is 14.5. The standard InChI is InChI=1S/C23H37N7.HI/c1-6-24-23(25-15-22(28(3)4)19-14-26-29(5)16-19)27-20-8-7-13-30(17-20)21-11-9-18(2)10-12-21;/h9-12,14,16,20,22H,6-8,13,15,17H2,1-5H3,(H2,24,25,27);1H. The van der Waals surface area contributed by atoms with Crippen LogP contribution in [-0.2, 0) is 7.05 Å². The Morgan fingerprint density at radius 3 is 2.65 bits per heavy atom. The monoisotopic (exact) mass is 539 g/mol. The number of piperidine rings is 1. The van der Waals surface area contributed by atoms with Crippen molar-refractivity contribution < 1.29 is 0 Å². The Morgan fingerprint density at radius 1 is 1.29 bits per heavy atom. The van der Waals surface area contributed by atoms with Gasteiger partial charge in [0, 0.05) is 50.2 Å². The number of aryl methyl sites for hydroxylation is 2. The number of hydrogen-bond donors (Lipinski definition) is 2. The van der Waals surface area contributed by atoms with Crippen molar-refractivity contribution in [2.75, 3.05) is 45.2 Å². The average Bonchev–Trinajstić information content (AvgIpc) is 3.14. The summed E-state index contributed by atoms with van der Waals surface area (Å²) in [5, 5.41) is 11.4. The first-order valence-electron chi connectivity index (χ1n) is 11.0. The van der Waals surface area contributed by atoms with Gasteiger partial charge in [0.2, 0.25) is 0 Å². The summed E-state index contributed by atoms with van der Waals surface area (Å²) in [7, 11) is 6.14. The van der Waals surface area contributed by atoms with Gasteiger partial charge in [-0.05, 0) is 52.9 Å². The summed E-state index contributed by atoms with van der Waals surface area (Å²) in [6, 6.07) is 9.42. The van der Waals surface area contributed by atoms with Crippen molar-refractivity contribution in [1.82, 2.24) is 25.3 Å². The van der Waals surface area contributed by atoms with Crippen LogP contribution in [0.15, 0.2) is 41.7 Å². The highest BCUT2D eigenvalue weighted by Gasteiger charge is 2.22. The zero-order valence-electron chi connectivity index (χ0n) is 19.5. The Labute approximate surface area is 204 Å². The van der Waals surface area contributed by atoms with Gasteiger partial charge in [-0.3, -0.25) is 9.67 Å². The van der Waals surface area contributed by atoms with E-state index in [9.17, 15) is 0 Å². The second-order valence-electron chi connectivity index (χ2n) is 8.41. The lowest BCUT2D eigenvalue weighted by atomic mass is 10.0.